The average molecular weight is 231 g/mol. The molecule has 2 rings (SSSR count). The van der Waals surface area contributed by atoms with Crippen molar-refractivity contribution in [3.63, 3.8) is 0 Å². The van der Waals surface area contributed by atoms with Gasteiger partial charge in [0.1, 0.15) is 4.34 Å². The third kappa shape index (κ3) is 1.53. The van der Waals surface area contributed by atoms with Crippen LogP contribution in [0.2, 0.25) is 4.34 Å². The highest BCUT2D eigenvalue weighted by Crippen LogP contribution is 2.34. The third-order valence-corrected chi connectivity index (χ3v) is 3.03. The summed E-state index contributed by atoms with van der Waals surface area (Å²) >= 11 is 7.12. The van der Waals surface area contributed by atoms with E-state index in [1.165, 1.54) is 23.5 Å². The lowest BCUT2D eigenvalue weighted by Crippen LogP contribution is -1.87. The van der Waals surface area contributed by atoms with Gasteiger partial charge in [0, 0.05) is 11.1 Å². The fourth-order valence-electron chi connectivity index (χ4n) is 1.20. The van der Waals surface area contributed by atoms with E-state index in [0.717, 1.165) is 6.07 Å². The lowest BCUT2D eigenvalue weighted by molar-refractivity contribution is 0.511. The van der Waals surface area contributed by atoms with Crippen molar-refractivity contribution in [2.75, 3.05) is 0 Å². The second kappa shape index (κ2) is 3.67. The Morgan fingerprint density at radius 2 is 1.86 bits per heavy atom. The van der Waals surface area contributed by atoms with Gasteiger partial charge in [0.25, 0.3) is 0 Å². The van der Waals surface area contributed by atoms with Crippen LogP contribution in [-0.4, -0.2) is 0 Å². The van der Waals surface area contributed by atoms with E-state index in [-0.39, 0.29) is 5.56 Å². The maximum absolute atomic E-state index is 13.3. The molecule has 0 spiro atoms. The van der Waals surface area contributed by atoms with Crippen LogP contribution in [0, 0.1) is 11.6 Å². The Labute approximate surface area is 88.8 Å². The molecule has 0 amide bonds. The molecule has 1 aromatic carbocycles. The molecule has 14 heavy (non-hydrogen) atoms. The molecule has 0 nitrogen and oxygen atoms in total. The third-order valence-electron chi connectivity index (χ3n) is 1.86. The van der Waals surface area contributed by atoms with Gasteiger partial charge in [-0.1, -0.05) is 23.7 Å². The predicted octanol–water partition coefficient (Wildman–Crippen LogP) is 4.35. The summed E-state index contributed by atoms with van der Waals surface area (Å²) in [6, 6.07) is 5.72. The van der Waals surface area contributed by atoms with Crippen LogP contribution in [0.25, 0.3) is 11.1 Å². The van der Waals surface area contributed by atoms with Gasteiger partial charge in [-0.2, -0.15) is 0 Å². The summed E-state index contributed by atoms with van der Waals surface area (Å²) in [5.41, 5.74) is 0.741. The first-order valence-electron chi connectivity index (χ1n) is 3.87. The summed E-state index contributed by atoms with van der Waals surface area (Å²) in [4.78, 5) is 0. The van der Waals surface area contributed by atoms with E-state index in [2.05, 4.69) is 0 Å². The first-order chi connectivity index (χ1) is 6.70. The van der Waals surface area contributed by atoms with Gasteiger partial charge in [-0.15, -0.1) is 11.3 Å². The molecule has 0 unspecified atom stereocenters. The van der Waals surface area contributed by atoms with E-state index in [1.54, 1.807) is 11.4 Å². The van der Waals surface area contributed by atoms with Gasteiger partial charge in [-0.05, 0) is 17.5 Å². The minimum absolute atomic E-state index is 0.205. The van der Waals surface area contributed by atoms with E-state index >= 15 is 0 Å². The molecule has 0 bridgehead atoms. The van der Waals surface area contributed by atoms with Crippen LogP contribution in [-0.2, 0) is 0 Å². The van der Waals surface area contributed by atoms with Gasteiger partial charge in [0.2, 0.25) is 0 Å². The number of benzene rings is 1. The van der Waals surface area contributed by atoms with Gasteiger partial charge >= 0.3 is 0 Å². The Balaban J connectivity index is 2.63. The molecule has 0 aliphatic rings. The van der Waals surface area contributed by atoms with Crippen LogP contribution in [0.1, 0.15) is 0 Å². The monoisotopic (exact) mass is 230 g/mol. The van der Waals surface area contributed by atoms with E-state index in [4.69, 9.17) is 11.6 Å². The number of halogens is 3. The summed E-state index contributed by atoms with van der Waals surface area (Å²) in [7, 11) is 0. The van der Waals surface area contributed by atoms with Crippen molar-refractivity contribution in [2.45, 2.75) is 0 Å². The number of rotatable bonds is 1. The molecule has 0 aliphatic carbocycles. The SMILES string of the molecule is Fc1cccc(-c2ccsc2Cl)c1F. The Bertz CT molecular complexity index is 465. The standard InChI is InChI=1S/C10H5ClF2S/c11-10-7(4-5-14-10)6-2-1-3-8(12)9(6)13/h1-5H. The Morgan fingerprint density at radius 1 is 1.07 bits per heavy atom. The fourth-order valence-corrected chi connectivity index (χ4v) is 2.15. The first-order valence-corrected chi connectivity index (χ1v) is 5.13. The zero-order chi connectivity index (χ0) is 10.1. The summed E-state index contributed by atoms with van der Waals surface area (Å²) in [5, 5.41) is 1.74. The van der Waals surface area contributed by atoms with Crippen LogP contribution in [0.15, 0.2) is 29.6 Å². The molecule has 0 N–H and O–H groups in total. The molecule has 0 fully saturated rings. The quantitative estimate of drug-likeness (QED) is 0.683. The molecule has 1 aromatic heterocycles. The van der Waals surface area contributed by atoms with Crippen LogP contribution in [0.3, 0.4) is 0 Å². The highest BCUT2D eigenvalue weighted by Gasteiger charge is 2.12. The minimum Gasteiger partial charge on any atom is -0.204 e. The molecule has 0 aliphatic heterocycles. The van der Waals surface area contributed by atoms with Crippen molar-refractivity contribution in [1.82, 2.24) is 0 Å². The largest absolute Gasteiger partial charge is 0.204 e. The van der Waals surface area contributed by atoms with Crippen LogP contribution in [0.5, 0.6) is 0 Å². The van der Waals surface area contributed by atoms with Crippen LogP contribution < -0.4 is 0 Å². The molecule has 0 saturated carbocycles. The topological polar surface area (TPSA) is 0 Å². The van der Waals surface area contributed by atoms with E-state index in [9.17, 15) is 8.78 Å². The second-order valence-electron chi connectivity index (χ2n) is 2.71. The molecule has 72 valence electrons. The molecule has 4 heteroatoms. The molecule has 0 radical (unpaired) electrons. The average Bonchev–Trinajstić information content (AvgIpc) is 2.57. The molecule has 0 saturated heterocycles. The van der Waals surface area contributed by atoms with E-state index < -0.39 is 11.6 Å². The van der Waals surface area contributed by atoms with Crippen molar-refractivity contribution in [2.24, 2.45) is 0 Å². The van der Waals surface area contributed by atoms with E-state index in [0.29, 0.717) is 9.90 Å². The van der Waals surface area contributed by atoms with Gasteiger partial charge in [0.15, 0.2) is 11.6 Å². The highest BCUT2D eigenvalue weighted by atomic mass is 35.5. The predicted molar refractivity (Wildman–Crippen MR) is 54.7 cm³/mol. The summed E-state index contributed by atoms with van der Waals surface area (Å²) < 4.78 is 26.7. The summed E-state index contributed by atoms with van der Waals surface area (Å²) in [6.45, 7) is 0. The number of hydrogen-bond donors (Lipinski definition) is 0. The van der Waals surface area contributed by atoms with Gasteiger partial charge < -0.3 is 0 Å². The van der Waals surface area contributed by atoms with Crippen molar-refractivity contribution in [3.05, 3.63) is 45.6 Å². The Kier molecular flexibility index (Phi) is 2.52. The van der Waals surface area contributed by atoms with Gasteiger partial charge in [0.05, 0.1) is 0 Å². The van der Waals surface area contributed by atoms with Crippen LogP contribution in [0.4, 0.5) is 8.78 Å². The highest BCUT2D eigenvalue weighted by molar-refractivity contribution is 7.15. The number of thiophene rings is 1. The molecular weight excluding hydrogens is 226 g/mol. The second-order valence-corrected chi connectivity index (χ2v) is 4.23. The molecule has 1 heterocycles. The molecule has 2 aromatic rings. The summed E-state index contributed by atoms with van der Waals surface area (Å²) in [5.74, 6) is -1.71. The number of hydrogen-bond acceptors (Lipinski definition) is 1. The fraction of sp³-hybridized carbons (Fsp3) is 0. The first kappa shape index (κ1) is 9.62. The smallest absolute Gasteiger partial charge is 0.166 e. The normalized spacial score (nSPS) is 10.5. The van der Waals surface area contributed by atoms with E-state index in [1.807, 2.05) is 0 Å². The van der Waals surface area contributed by atoms with Gasteiger partial charge in [-0.3, -0.25) is 0 Å². The Hall–Kier alpha value is -0.930. The van der Waals surface area contributed by atoms with Crippen molar-refractivity contribution < 1.29 is 8.78 Å². The van der Waals surface area contributed by atoms with Crippen molar-refractivity contribution in [1.29, 1.82) is 0 Å². The lowest BCUT2D eigenvalue weighted by Gasteiger charge is -2.01. The maximum atomic E-state index is 13.3. The van der Waals surface area contributed by atoms with Crippen LogP contribution >= 0.6 is 22.9 Å². The molecular formula is C10H5ClF2S. The maximum Gasteiger partial charge on any atom is 0.166 e. The zero-order valence-electron chi connectivity index (χ0n) is 6.93. The molecule has 0 atom stereocenters. The lowest BCUT2D eigenvalue weighted by atomic mass is 10.1. The Morgan fingerprint density at radius 3 is 2.50 bits per heavy atom. The van der Waals surface area contributed by atoms with Crippen molar-refractivity contribution >= 4 is 22.9 Å². The minimum atomic E-state index is -0.857. The van der Waals surface area contributed by atoms with Crippen molar-refractivity contribution in [3.8, 4) is 11.1 Å². The zero-order valence-corrected chi connectivity index (χ0v) is 8.50. The van der Waals surface area contributed by atoms with Gasteiger partial charge in [-0.25, -0.2) is 8.78 Å². The summed E-state index contributed by atoms with van der Waals surface area (Å²) in [6.07, 6.45) is 0.